The highest BCUT2D eigenvalue weighted by molar-refractivity contribution is 7.98. The van der Waals surface area contributed by atoms with Crippen molar-refractivity contribution in [3.05, 3.63) is 52.4 Å². The summed E-state index contributed by atoms with van der Waals surface area (Å²) in [5.41, 5.74) is 1.23. The van der Waals surface area contributed by atoms with Crippen LogP contribution in [0.25, 0.3) is 10.7 Å². The van der Waals surface area contributed by atoms with Crippen molar-refractivity contribution in [1.29, 1.82) is 0 Å². The zero-order valence-electron chi connectivity index (χ0n) is 12.2. The van der Waals surface area contributed by atoms with Crippen molar-refractivity contribution in [1.82, 2.24) is 14.8 Å². The van der Waals surface area contributed by atoms with E-state index in [4.69, 9.17) is 11.6 Å². The van der Waals surface area contributed by atoms with Gasteiger partial charge in [0.1, 0.15) is 0 Å². The normalized spacial score (nSPS) is 11.0. The minimum Gasteiger partial charge on any atom is -0.301 e. The smallest absolute Gasteiger partial charge is 0.191 e. The van der Waals surface area contributed by atoms with Gasteiger partial charge in [0.15, 0.2) is 11.0 Å². The molecule has 0 aliphatic rings. The predicted molar refractivity (Wildman–Crippen MR) is 94.6 cm³/mol. The highest BCUT2D eigenvalue weighted by Gasteiger charge is 2.14. The maximum Gasteiger partial charge on any atom is 0.191 e. The summed E-state index contributed by atoms with van der Waals surface area (Å²) in [6.45, 7) is 3.11. The fraction of sp³-hybridized carbons (Fsp3) is 0.250. The van der Waals surface area contributed by atoms with Crippen LogP contribution in [-0.2, 0) is 12.3 Å². The van der Waals surface area contributed by atoms with Crippen LogP contribution < -0.4 is 0 Å². The van der Waals surface area contributed by atoms with E-state index in [0.717, 1.165) is 34.7 Å². The Morgan fingerprint density at radius 1 is 1.18 bits per heavy atom. The molecule has 3 nitrogen and oxygen atoms in total. The second kappa shape index (κ2) is 7.31. The molecule has 114 valence electrons. The van der Waals surface area contributed by atoms with Gasteiger partial charge >= 0.3 is 0 Å². The van der Waals surface area contributed by atoms with E-state index in [9.17, 15) is 0 Å². The Bertz CT molecular complexity index is 720. The van der Waals surface area contributed by atoms with E-state index in [2.05, 4.69) is 45.3 Å². The highest BCUT2D eigenvalue weighted by Crippen LogP contribution is 2.29. The molecule has 0 aliphatic heterocycles. The summed E-state index contributed by atoms with van der Waals surface area (Å²) >= 11 is 9.34. The topological polar surface area (TPSA) is 30.7 Å². The molecular weight excluding hydrogens is 334 g/mol. The summed E-state index contributed by atoms with van der Waals surface area (Å²) in [4.78, 5) is 1.17. The van der Waals surface area contributed by atoms with E-state index in [1.807, 2.05) is 18.2 Å². The van der Waals surface area contributed by atoms with Gasteiger partial charge in [-0.15, -0.1) is 21.5 Å². The Morgan fingerprint density at radius 3 is 2.68 bits per heavy atom. The number of aromatic nitrogens is 3. The maximum atomic E-state index is 5.92. The molecular formula is C16H16ClN3S2. The van der Waals surface area contributed by atoms with Crippen molar-refractivity contribution in [2.24, 2.45) is 0 Å². The molecule has 0 N–H and O–H groups in total. The molecule has 22 heavy (non-hydrogen) atoms. The summed E-state index contributed by atoms with van der Waals surface area (Å²) in [7, 11) is 0. The second-order valence-corrected chi connectivity index (χ2v) is 7.18. The molecule has 1 aromatic carbocycles. The largest absolute Gasteiger partial charge is 0.301 e. The van der Waals surface area contributed by atoms with Crippen molar-refractivity contribution in [2.45, 2.75) is 30.8 Å². The summed E-state index contributed by atoms with van der Waals surface area (Å²) in [5.74, 6) is 1.83. The lowest BCUT2D eigenvalue weighted by Gasteiger charge is -2.07. The minimum atomic E-state index is 0.767. The lowest BCUT2D eigenvalue weighted by atomic mass is 10.2. The molecule has 0 saturated carbocycles. The molecule has 0 aliphatic carbocycles. The Kier molecular flexibility index (Phi) is 5.18. The molecule has 0 radical (unpaired) electrons. The van der Waals surface area contributed by atoms with Crippen LogP contribution in [0.4, 0.5) is 0 Å². The number of hydrogen-bond donors (Lipinski definition) is 0. The third-order valence-electron chi connectivity index (χ3n) is 3.19. The quantitative estimate of drug-likeness (QED) is 0.561. The first-order valence-corrected chi connectivity index (χ1v) is 9.36. The van der Waals surface area contributed by atoms with Crippen molar-refractivity contribution in [3.8, 4) is 10.7 Å². The predicted octanol–water partition coefficient (Wildman–Crippen LogP) is 5.36. The number of halogens is 1. The van der Waals surface area contributed by atoms with E-state index in [-0.39, 0.29) is 0 Å². The van der Waals surface area contributed by atoms with Crippen LogP contribution in [-0.4, -0.2) is 14.8 Å². The van der Waals surface area contributed by atoms with E-state index >= 15 is 0 Å². The molecule has 0 spiro atoms. The SMILES string of the molecule is CCCn1c(SCc2ccc(Cl)cc2)nnc1-c1cccs1. The standard InChI is InChI=1S/C16H16ClN3S2/c1-2-9-20-15(14-4-3-10-21-14)18-19-16(20)22-11-12-5-7-13(17)8-6-12/h3-8,10H,2,9,11H2,1H3. The first-order chi connectivity index (χ1) is 10.8. The van der Waals surface area contributed by atoms with E-state index in [1.54, 1.807) is 23.1 Å². The second-order valence-electron chi connectivity index (χ2n) is 4.85. The van der Waals surface area contributed by atoms with Crippen molar-refractivity contribution >= 4 is 34.7 Å². The summed E-state index contributed by atoms with van der Waals surface area (Å²) < 4.78 is 2.21. The molecule has 3 rings (SSSR count). The van der Waals surface area contributed by atoms with Gasteiger partial charge in [-0.05, 0) is 35.6 Å². The third kappa shape index (κ3) is 3.54. The Labute approximate surface area is 143 Å². The van der Waals surface area contributed by atoms with Gasteiger partial charge in [0, 0.05) is 17.3 Å². The molecule has 2 heterocycles. The molecule has 6 heteroatoms. The molecule has 0 saturated heterocycles. The Morgan fingerprint density at radius 2 is 2.00 bits per heavy atom. The van der Waals surface area contributed by atoms with Gasteiger partial charge in [0.2, 0.25) is 0 Å². The Balaban J connectivity index is 1.79. The Hall–Kier alpha value is -1.30. The van der Waals surface area contributed by atoms with Gasteiger partial charge < -0.3 is 4.57 Å². The van der Waals surface area contributed by atoms with Gasteiger partial charge in [-0.2, -0.15) is 0 Å². The average molecular weight is 350 g/mol. The fourth-order valence-electron chi connectivity index (χ4n) is 2.14. The summed E-state index contributed by atoms with van der Waals surface area (Å²) in [5, 5.41) is 12.6. The van der Waals surface area contributed by atoms with Crippen LogP contribution in [0.2, 0.25) is 5.02 Å². The zero-order chi connectivity index (χ0) is 15.4. The van der Waals surface area contributed by atoms with Gasteiger partial charge in [-0.1, -0.05) is 48.5 Å². The highest BCUT2D eigenvalue weighted by atomic mass is 35.5. The molecule has 0 unspecified atom stereocenters. The molecule has 3 aromatic rings. The van der Waals surface area contributed by atoms with Crippen LogP contribution in [0.15, 0.2) is 46.9 Å². The number of hydrogen-bond acceptors (Lipinski definition) is 4. The molecule has 0 fully saturated rings. The van der Waals surface area contributed by atoms with Crippen molar-refractivity contribution < 1.29 is 0 Å². The minimum absolute atomic E-state index is 0.767. The molecule has 0 amide bonds. The van der Waals surface area contributed by atoms with E-state index in [1.165, 1.54) is 10.4 Å². The number of rotatable bonds is 6. The number of thioether (sulfide) groups is 1. The lowest BCUT2D eigenvalue weighted by molar-refractivity contribution is 0.627. The van der Waals surface area contributed by atoms with Gasteiger partial charge in [0.05, 0.1) is 4.88 Å². The average Bonchev–Trinajstić information content (AvgIpc) is 3.17. The maximum absolute atomic E-state index is 5.92. The summed E-state index contributed by atoms with van der Waals surface area (Å²) in [6.07, 6.45) is 1.06. The van der Waals surface area contributed by atoms with Crippen LogP contribution in [0.3, 0.4) is 0 Å². The summed E-state index contributed by atoms with van der Waals surface area (Å²) in [6, 6.07) is 12.1. The van der Waals surface area contributed by atoms with Gasteiger partial charge in [0.25, 0.3) is 0 Å². The zero-order valence-corrected chi connectivity index (χ0v) is 14.6. The van der Waals surface area contributed by atoms with Crippen molar-refractivity contribution in [3.63, 3.8) is 0 Å². The van der Waals surface area contributed by atoms with Crippen LogP contribution in [0.5, 0.6) is 0 Å². The van der Waals surface area contributed by atoms with Crippen molar-refractivity contribution in [2.75, 3.05) is 0 Å². The molecule has 0 bridgehead atoms. The first-order valence-electron chi connectivity index (χ1n) is 7.12. The lowest BCUT2D eigenvalue weighted by Crippen LogP contribution is -2.01. The van der Waals surface area contributed by atoms with Gasteiger partial charge in [-0.3, -0.25) is 0 Å². The monoisotopic (exact) mass is 349 g/mol. The molecule has 2 aromatic heterocycles. The fourth-order valence-corrected chi connectivity index (χ4v) is 3.90. The van der Waals surface area contributed by atoms with Crippen LogP contribution in [0.1, 0.15) is 18.9 Å². The van der Waals surface area contributed by atoms with E-state index in [0.29, 0.717) is 0 Å². The third-order valence-corrected chi connectivity index (χ3v) is 5.34. The number of benzene rings is 1. The first kappa shape index (κ1) is 15.6. The molecule has 0 atom stereocenters. The van der Waals surface area contributed by atoms with Gasteiger partial charge in [-0.25, -0.2) is 0 Å². The van der Waals surface area contributed by atoms with E-state index < -0.39 is 0 Å². The number of nitrogens with zero attached hydrogens (tertiary/aromatic N) is 3. The van der Waals surface area contributed by atoms with Crippen LogP contribution >= 0.6 is 34.7 Å². The van der Waals surface area contributed by atoms with Crippen LogP contribution in [0, 0.1) is 0 Å². The number of thiophene rings is 1.